The van der Waals surface area contributed by atoms with Crippen molar-refractivity contribution in [1.82, 2.24) is 5.32 Å². The number of amides is 3. The highest BCUT2D eigenvalue weighted by molar-refractivity contribution is 8.00. The van der Waals surface area contributed by atoms with Crippen LogP contribution in [0.25, 0.3) is 0 Å². The standard InChI is InChI=1S/C15H11F3N2O2S/c16-9-5-6-13(11(18)7-9)23-8-14(21)20-15(22)19-12-4-2-1-3-10(12)17/h1-7H,8H2,(H2,19,20,21,22). The van der Waals surface area contributed by atoms with Crippen LogP contribution in [0.4, 0.5) is 23.7 Å². The van der Waals surface area contributed by atoms with Crippen molar-refractivity contribution in [3.63, 3.8) is 0 Å². The molecule has 2 N–H and O–H groups in total. The zero-order valence-corrected chi connectivity index (χ0v) is 12.4. The molecule has 120 valence electrons. The molecule has 2 rings (SSSR count). The van der Waals surface area contributed by atoms with Crippen LogP contribution < -0.4 is 10.6 Å². The second-order valence-electron chi connectivity index (χ2n) is 4.35. The summed E-state index contributed by atoms with van der Waals surface area (Å²) in [5, 5.41) is 4.16. The van der Waals surface area contributed by atoms with Gasteiger partial charge in [-0.1, -0.05) is 12.1 Å². The highest BCUT2D eigenvalue weighted by atomic mass is 32.2. The molecule has 0 fully saturated rings. The first-order valence-electron chi connectivity index (χ1n) is 6.39. The molecular weight excluding hydrogens is 329 g/mol. The van der Waals surface area contributed by atoms with E-state index in [1.807, 2.05) is 5.32 Å². The summed E-state index contributed by atoms with van der Waals surface area (Å²) in [5.41, 5.74) is -0.0740. The Morgan fingerprint density at radius 2 is 1.74 bits per heavy atom. The SMILES string of the molecule is O=C(CSc1ccc(F)cc1F)NC(=O)Nc1ccccc1F. The molecule has 0 spiro atoms. The second-order valence-corrected chi connectivity index (χ2v) is 5.36. The monoisotopic (exact) mass is 340 g/mol. The first kappa shape index (κ1) is 16.9. The van der Waals surface area contributed by atoms with Gasteiger partial charge < -0.3 is 5.32 Å². The summed E-state index contributed by atoms with van der Waals surface area (Å²) in [6, 6.07) is 7.53. The van der Waals surface area contributed by atoms with Crippen molar-refractivity contribution in [2.75, 3.05) is 11.1 Å². The number of carbonyl (C=O) groups is 2. The first-order valence-corrected chi connectivity index (χ1v) is 7.37. The molecule has 0 heterocycles. The van der Waals surface area contributed by atoms with Gasteiger partial charge in [-0.2, -0.15) is 0 Å². The number of para-hydroxylation sites is 1. The van der Waals surface area contributed by atoms with Gasteiger partial charge in [0.1, 0.15) is 17.5 Å². The lowest BCUT2D eigenvalue weighted by atomic mass is 10.3. The maximum atomic E-state index is 13.4. The summed E-state index contributed by atoms with van der Waals surface area (Å²) < 4.78 is 39.5. The molecule has 0 radical (unpaired) electrons. The Hall–Kier alpha value is -2.48. The third kappa shape index (κ3) is 5.03. The highest BCUT2D eigenvalue weighted by Gasteiger charge is 2.12. The van der Waals surface area contributed by atoms with Gasteiger partial charge in [0.15, 0.2) is 0 Å². The Balaban J connectivity index is 1.85. The lowest BCUT2D eigenvalue weighted by Gasteiger charge is -2.07. The van der Waals surface area contributed by atoms with Gasteiger partial charge in [0.25, 0.3) is 0 Å². The van der Waals surface area contributed by atoms with Crippen LogP contribution in [0, 0.1) is 17.5 Å². The van der Waals surface area contributed by atoms with Crippen molar-refractivity contribution >= 4 is 29.4 Å². The third-order valence-corrected chi connectivity index (χ3v) is 3.68. The number of hydrogen-bond acceptors (Lipinski definition) is 3. The minimum absolute atomic E-state index is 0.0740. The van der Waals surface area contributed by atoms with Gasteiger partial charge in [-0.05, 0) is 24.3 Å². The highest BCUT2D eigenvalue weighted by Crippen LogP contribution is 2.22. The third-order valence-electron chi connectivity index (χ3n) is 2.63. The number of urea groups is 1. The zero-order valence-electron chi connectivity index (χ0n) is 11.6. The average molecular weight is 340 g/mol. The molecule has 2 aromatic rings. The topological polar surface area (TPSA) is 58.2 Å². The van der Waals surface area contributed by atoms with E-state index < -0.39 is 29.4 Å². The number of hydrogen-bond donors (Lipinski definition) is 2. The van der Waals surface area contributed by atoms with E-state index in [1.54, 1.807) is 0 Å². The fraction of sp³-hybridized carbons (Fsp3) is 0.0667. The van der Waals surface area contributed by atoms with Crippen LogP contribution in [-0.2, 0) is 4.79 Å². The summed E-state index contributed by atoms with van der Waals surface area (Å²) in [6.07, 6.45) is 0. The maximum absolute atomic E-state index is 13.4. The van der Waals surface area contributed by atoms with Gasteiger partial charge in [-0.15, -0.1) is 11.8 Å². The van der Waals surface area contributed by atoms with E-state index in [9.17, 15) is 22.8 Å². The van der Waals surface area contributed by atoms with Crippen LogP contribution >= 0.6 is 11.8 Å². The summed E-state index contributed by atoms with van der Waals surface area (Å²) in [6.45, 7) is 0. The van der Waals surface area contributed by atoms with Crippen LogP contribution in [0.5, 0.6) is 0 Å². The van der Waals surface area contributed by atoms with Crippen molar-refractivity contribution in [2.45, 2.75) is 4.90 Å². The lowest BCUT2D eigenvalue weighted by Crippen LogP contribution is -2.35. The molecule has 2 aromatic carbocycles. The Kier molecular flexibility index (Phi) is 5.64. The number of imide groups is 1. The fourth-order valence-corrected chi connectivity index (χ4v) is 2.33. The molecule has 0 aliphatic heterocycles. The van der Waals surface area contributed by atoms with Gasteiger partial charge in [0.2, 0.25) is 5.91 Å². The molecule has 3 amide bonds. The number of carbonyl (C=O) groups excluding carboxylic acids is 2. The molecule has 0 unspecified atom stereocenters. The largest absolute Gasteiger partial charge is 0.325 e. The predicted octanol–water partition coefficient (Wildman–Crippen LogP) is 3.54. The van der Waals surface area contributed by atoms with Gasteiger partial charge in [-0.25, -0.2) is 18.0 Å². The Morgan fingerprint density at radius 3 is 2.43 bits per heavy atom. The van der Waals surface area contributed by atoms with E-state index >= 15 is 0 Å². The normalized spacial score (nSPS) is 10.2. The number of halogens is 3. The van der Waals surface area contributed by atoms with Crippen molar-refractivity contribution in [2.24, 2.45) is 0 Å². The average Bonchev–Trinajstić information content (AvgIpc) is 2.48. The molecule has 8 heteroatoms. The summed E-state index contributed by atoms with van der Waals surface area (Å²) in [5.74, 6) is -3.11. The first-order chi connectivity index (χ1) is 11.0. The second kappa shape index (κ2) is 7.68. The van der Waals surface area contributed by atoms with E-state index in [0.717, 1.165) is 23.9 Å². The quantitative estimate of drug-likeness (QED) is 0.837. The smallest absolute Gasteiger partial charge is 0.305 e. The maximum Gasteiger partial charge on any atom is 0.325 e. The summed E-state index contributed by atoms with van der Waals surface area (Å²) >= 11 is 0.808. The number of anilines is 1. The van der Waals surface area contributed by atoms with E-state index in [0.29, 0.717) is 6.07 Å². The van der Waals surface area contributed by atoms with Crippen molar-refractivity contribution < 1.29 is 22.8 Å². The Bertz CT molecular complexity index is 740. The van der Waals surface area contributed by atoms with Crippen LogP contribution in [-0.4, -0.2) is 17.7 Å². The predicted molar refractivity (Wildman–Crippen MR) is 80.6 cm³/mol. The van der Waals surface area contributed by atoms with Gasteiger partial charge >= 0.3 is 6.03 Å². The van der Waals surface area contributed by atoms with E-state index in [-0.39, 0.29) is 16.3 Å². The number of thioether (sulfide) groups is 1. The molecule has 0 aliphatic rings. The molecule has 0 bridgehead atoms. The molecule has 23 heavy (non-hydrogen) atoms. The van der Waals surface area contributed by atoms with Crippen LogP contribution in [0.3, 0.4) is 0 Å². The number of nitrogens with one attached hydrogen (secondary N) is 2. The summed E-state index contributed by atoms with van der Waals surface area (Å²) in [7, 11) is 0. The molecule has 0 aromatic heterocycles. The lowest BCUT2D eigenvalue weighted by molar-refractivity contribution is -0.117. The molecule has 4 nitrogen and oxygen atoms in total. The van der Waals surface area contributed by atoms with Crippen molar-refractivity contribution in [3.05, 3.63) is 59.9 Å². The van der Waals surface area contributed by atoms with E-state index in [4.69, 9.17) is 0 Å². The van der Waals surface area contributed by atoms with E-state index in [2.05, 4.69) is 5.32 Å². The van der Waals surface area contributed by atoms with Crippen LogP contribution in [0.1, 0.15) is 0 Å². The minimum atomic E-state index is -0.903. The Labute approximate surface area is 134 Å². The van der Waals surface area contributed by atoms with Crippen molar-refractivity contribution in [1.29, 1.82) is 0 Å². The van der Waals surface area contributed by atoms with Gasteiger partial charge in [0.05, 0.1) is 11.4 Å². The van der Waals surface area contributed by atoms with Crippen LogP contribution in [0.15, 0.2) is 47.4 Å². The molecule has 0 saturated heterocycles. The molecular formula is C15H11F3N2O2S. The number of benzene rings is 2. The molecule has 0 aliphatic carbocycles. The zero-order chi connectivity index (χ0) is 16.8. The molecule has 0 atom stereocenters. The Morgan fingerprint density at radius 1 is 1.00 bits per heavy atom. The number of rotatable bonds is 4. The summed E-state index contributed by atoms with van der Waals surface area (Å²) in [4.78, 5) is 23.2. The minimum Gasteiger partial charge on any atom is -0.305 e. The van der Waals surface area contributed by atoms with Gasteiger partial charge in [-0.3, -0.25) is 10.1 Å². The molecule has 0 saturated carbocycles. The van der Waals surface area contributed by atoms with Gasteiger partial charge in [0, 0.05) is 11.0 Å². The fourth-order valence-electron chi connectivity index (χ4n) is 1.61. The van der Waals surface area contributed by atoms with Crippen molar-refractivity contribution in [3.8, 4) is 0 Å². The van der Waals surface area contributed by atoms with Crippen LogP contribution in [0.2, 0.25) is 0 Å². The van der Waals surface area contributed by atoms with E-state index in [1.165, 1.54) is 24.3 Å².